The number of hydrogen-bond donors (Lipinski definition) is 2. The molecular weight excluding hydrogens is 235 g/mol. The number of carbonyl (C=O) groups is 1. The molecule has 5 heteroatoms. The Labute approximate surface area is 105 Å². The average molecular weight is 252 g/mol. The molecule has 18 heavy (non-hydrogen) atoms. The minimum absolute atomic E-state index is 0.169. The second-order valence-corrected chi connectivity index (χ2v) is 4.74. The van der Waals surface area contributed by atoms with E-state index in [4.69, 9.17) is 0 Å². The van der Waals surface area contributed by atoms with Gasteiger partial charge in [0.25, 0.3) is 5.91 Å². The molecule has 1 saturated carbocycles. The van der Waals surface area contributed by atoms with E-state index in [-0.39, 0.29) is 24.0 Å². The summed E-state index contributed by atoms with van der Waals surface area (Å²) in [6, 6.07) is 1.17. The number of rotatable bonds is 4. The van der Waals surface area contributed by atoms with Gasteiger partial charge in [0, 0.05) is 19.3 Å². The summed E-state index contributed by atoms with van der Waals surface area (Å²) in [4.78, 5) is 15.4. The van der Waals surface area contributed by atoms with E-state index >= 15 is 0 Å². The highest BCUT2D eigenvalue weighted by atomic mass is 19.1. The van der Waals surface area contributed by atoms with E-state index in [1.807, 2.05) is 0 Å². The highest BCUT2D eigenvalue weighted by molar-refractivity contribution is 5.93. The summed E-state index contributed by atoms with van der Waals surface area (Å²) in [6.45, 7) is 0.697. The van der Waals surface area contributed by atoms with Gasteiger partial charge in [0.15, 0.2) is 0 Å². The molecule has 0 saturated heterocycles. The van der Waals surface area contributed by atoms with Crippen LogP contribution in [-0.2, 0) is 0 Å². The smallest absolute Gasteiger partial charge is 0.252 e. The van der Waals surface area contributed by atoms with Gasteiger partial charge in [-0.25, -0.2) is 4.39 Å². The van der Waals surface area contributed by atoms with Gasteiger partial charge < -0.3 is 10.4 Å². The molecule has 1 aromatic rings. The largest absolute Gasteiger partial charge is 0.396 e. The predicted octanol–water partition coefficient (Wildman–Crippen LogP) is 1.36. The van der Waals surface area contributed by atoms with Crippen molar-refractivity contribution in [2.24, 2.45) is 11.8 Å². The lowest BCUT2D eigenvalue weighted by atomic mass is 9.97. The van der Waals surface area contributed by atoms with Crippen LogP contribution in [-0.4, -0.2) is 29.1 Å². The van der Waals surface area contributed by atoms with Crippen LogP contribution in [0.2, 0.25) is 0 Å². The Morgan fingerprint density at radius 2 is 2.22 bits per heavy atom. The van der Waals surface area contributed by atoms with E-state index in [2.05, 4.69) is 10.3 Å². The van der Waals surface area contributed by atoms with Crippen molar-refractivity contribution in [2.75, 3.05) is 13.2 Å². The number of amides is 1. The Kier molecular flexibility index (Phi) is 4.25. The minimum Gasteiger partial charge on any atom is -0.396 e. The number of halogens is 1. The van der Waals surface area contributed by atoms with Crippen LogP contribution in [0.1, 0.15) is 29.6 Å². The second kappa shape index (κ2) is 5.91. The standard InChI is InChI=1S/C13H17FN2O2/c14-12-4-11(5-15-7-12)13(18)16-6-9-2-1-3-10(9)8-17/h4-5,7,9-10,17H,1-3,6,8H2,(H,16,18). The molecular formula is C13H17FN2O2. The van der Waals surface area contributed by atoms with Crippen molar-refractivity contribution < 1.29 is 14.3 Å². The Morgan fingerprint density at radius 1 is 1.44 bits per heavy atom. The monoisotopic (exact) mass is 252 g/mol. The molecule has 1 aliphatic rings. The van der Waals surface area contributed by atoms with Crippen LogP contribution in [0.3, 0.4) is 0 Å². The van der Waals surface area contributed by atoms with Crippen molar-refractivity contribution in [1.29, 1.82) is 0 Å². The van der Waals surface area contributed by atoms with Gasteiger partial charge in [-0.3, -0.25) is 9.78 Å². The van der Waals surface area contributed by atoms with Crippen molar-refractivity contribution in [3.8, 4) is 0 Å². The summed E-state index contributed by atoms with van der Waals surface area (Å²) in [6.07, 6.45) is 5.53. The first-order valence-corrected chi connectivity index (χ1v) is 6.20. The van der Waals surface area contributed by atoms with Crippen molar-refractivity contribution >= 4 is 5.91 Å². The number of nitrogens with zero attached hydrogens (tertiary/aromatic N) is 1. The fourth-order valence-corrected chi connectivity index (χ4v) is 2.48. The van der Waals surface area contributed by atoms with Crippen LogP contribution in [0.15, 0.2) is 18.5 Å². The number of carbonyl (C=O) groups excluding carboxylic acids is 1. The van der Waals surface area contributed by atoms with Gasteiger partial charge in [-0.1, -0.05) is 6.42 Å². The Hall–Kier alpha value is -1.49. The van der Waals surface area contributed by atoms with Gasteiger partial charge in [-0.2, -0.15) is 0 Å². The molecule has 2 atom stereocenters. The Bertz CT molecular complexity index is 425. The lowest BCUT2D eigenvalue weighted by Gasteiger charge is -2.17. The topological polar surface area (TPSA) is 62.2 Å². The highest BCUT2D eigenvalue weighted by Gasteiger charge is 2.26. The molecule has 1 heterocycles. The van der Waals surface area contributed by atoms with Crippen LogP contribution in [0.25, 0.3) is 0 Å². The lowest BCUT2D eigenvalue weighted by Crippen LogP contribution is -2.31. The maximum atomic E-state index is 12.9. The van der Waals surface area contributed by atoms with E-state index < -0.39 is 5.82 Å². The van der Waals surface area contributed by atoms with Gasteiger partial charge >= 0.3 is 0 Å². The van der Waals surface area contributed by atoms with Gasteiger partial charge in [-0.05, 0) is 30.7 Å². The maximum absolute atomic E-state index is 12.9. The Balaban J connectivity index is 1.88. The zero-order chi connectivity index (χ0) is 13.0. The SMILES string of the molecule is O=C(NCC1CCCC1CO)c1cncc(F)c1. The third kappa shape index (κ3) is 3.04. The molecule has 98 valence electrons. The molecule has 2 rings (SSSR count). The first-order chi connectivity index (χ1) is 8.70. The average Bonchev–Trinajstić information content (AvgIpc) is 2.83. The van der Waals surface area contributed by atoms with Gasteiger partial charge in [-0.15, -0.1) is 0 Å². The molecule has 0 aliphatic heterocycles. The van der Waals surface area contributed by atoms with Gasteiger partial charge in [0.2, 0.25) is 0 Å². The molecule has 0 radical (unpaired) electrons. The van der Waals surface area contributed by atoms with Crippen molar-refractivity contribution in [3.63, 3.8) is 0 Å². The number of hydrogen-bond acceptors (Lipinski definition) is 3. The predicted molar refractivity (Wildman–Crippen MR) is 64.4 cm³/mol. The zero-order valence-electron chi connectivity index (χ0n) is 10.1. The first-order valence-electron chi connectivity index (χ1n) is 6.20. The van der Waals surface area contributed by atoms with E-state index in [1.54, 1.807) is 0 Å². The minimum atomic E-state index is -0.517. The van der Waals surface area contributed by atoms with Crippen molar-refractivity contribution in [2.45, 2.75) is 19.3 Å². The number of pyridine rings is 1. The third-order valence-electron chi connectivity index (χ3n) is 3.54. The number of aliphatic hydroxyl groups excluding tert-OH is 1. The molecule has 1 fully saturated rings. The molecule has 0 aromatic carbocycles. The Morgan fingerprint density at radius 3 is 2.94 bits per heavy atom. The van der Waals surface area contributed by atoms with E-state index in [0.717, 1.165) is 25.5 Å². The molecule has 2 N–H and O–H groups in total. The molecule has 1 aromatic heterocycles. The van der Waals surface area contributed by atoms with Crippen LogP contribution < -0.4 is 5.32 Å². The maximum Gasteiger partial charge on any atom is 0.252 e. The second-order valence-electron chi connectivity index (χ2n) is 4.74. The van der Waals surface area contributed by atoms with Gasteiger partial charge in [0.05, 0.1) is 11.8 Å². The summed E-state index contributed by atoms with van der Waals surface area (Å²) in [5.41, 5.74) is 0.230. The zero-order valence-corrected chi connectivity index (χ0v) is 10.1. The van der Waals surface area contributed by atoms with E-state index in [9.17, 15) is 14.3 Å². The van der Waals surface area contributed by atoms with Crippen LogP contribution in [0, 0.1) is 17.7 Å². The molecule has 4 nitrogen and oxygen atoms in total. The van der Waals surface area contributed by atoms with Gasteiger partial charge in [0.1, 0.15) is 5.82 Å². The van der Waals surface area contributed by atoms with Crippen molar-refractivity contribution in [3.05, 3.63) is 29.8 Å². The number of aromatic nitrogens is 1. The van der Waals surface area contributed by atoms with E-state index in [1.165, 1.54) is 12.3 Å². The molecule has 1 aliphatic carbocycles. The number of nitrogens with one attached hydrogen (secondary N) is 1. The van der Waals surface area contributed by atoms with E-state index in [0.29, 0.717) is 12.5 Å². The summed E-state index contributed by atoms with van der Waals surface area (Å²) in [5.74, 6) is -0.237. The molecule has 2 unspecified atom stereocenters. The first kappa shape index (κ1) is 13.0. The fourth-order valence-electron chi connectivity index (χ4n) is 2.48. The molecule has 0 bridgehead atoms. The summed E-state index contributed by atoms with van der Waals surface area (Å²) in [5, 5.41) is 12.0. The van der Waals surface area contributed by atoms with Crippen LogP contribution in [0.5, 0.6) is 0 Å². The lowest BCUT2D eigenvalue weighted by molar-refractivity contribution is 0.0937. The quantitative estimate of drug-likeness (QED) is 0.850. The summed E-state index contributed by atoms with van der Waals surface area (Å²) >= 11 is 0. The summed E-state index contributed by atoms with van der Waals surface area (Å²) in [7, 11) is 0. The molecule has 0 spiro atoms. The summed E-state index contributed by atoms with van der Waals surface area (Å²) < 4.78 is 12.9. The fraction of sp³-hybridized carbons (Fsp3) is 0.538. The molecule has 1 amide bonds. The third-order valence-corrected chi connectivity index (χ3v) is 3.54. The number of aliphatic hydroxyl groups is 1. The van der Waals surface area contributed by atoms with Crippen LogP contribution >= 0.6 is 0 Å². The van der Waals surface area contributed by atoms with Crippen LogP contribution in [0.4, 0.5) is 4.39 Å². The van der Waals surface area contributed by atoms with Crippen molar-refractivity contribution in [1.82, 2.24) is 10.3 Å². The normalized spacial score (nSPS) is 23.0. The highest BCUT2D eigenvalue weighted by Crippen LogP contribution is 2.30.